The van der Waals surface area contributed by atoms with Gasteiger partial charge in [0.15, 0.2) is 5.65 Å². The van der Waals surface area contributed by atoms with Crippen molar-refractivity contribution in [3.05, 3.63) is 59.9 Å². The van der Waals surface area contributed by atoms with Gasteiger partial charge in [-0.05, 0) is 24.1 Å². The van der Waals surface area contributed by atoms with E-state index < -0.39 is 0 Å². The van der Waals surface area contributed by atoms with Gasteiger partial charge >= 0.3 is 0 Å². The number of likely N-dealkylation sites (tertiary alicyclic amines) is 1. The molecule has 3 heterocycles. The number of rotatable bonds is 8. The molecule has 1 aliphatic rings. The number of carbonyl (C=O) groups is 2. The average molecular weight is 407 g/mol. The molecule has 1 fully saturated rings. The molecule has 8 heteroatoms. The highest BCUT2D eigenvalue weighted by atomic mass is 16.5. The first kappa shape index (κ1) is 20.0. The second kappa shape index (κ2) is 9.04. The third-order valence-corrected chi connectivity index (χ3v) is 5.46. The summed E-state index contributed by atoms with van der Waals surface area (Å²) in [6, 6.07) is 13.5. The van der Waals surface area contributed by atoms with Crippen molar-refractivity contribution in [3.8, 4) is 0 Å². The Kier molecular flexibility index (Phi) is 6.04. The number of H-pyrrole nitrogens is 1. The molecule has 1 aromatic carbocycles. The maximum Gasteiger partial charge on any atom is 0.225 e. The summed E-state index contributed by atoms with van der Waals surface area (Å²) < 4.78 is 5.06. The van der Waals surface area contributed by atoms with Gasteiger partial charge in [0.1, 0.15) is 0 Å². The number of hydrogen-bond acceptors (Lipinski definition) is 5. The van der Waals surface area contributed by atoms with Crippen molar-refractivity contribution in [1.29, 1.82) is 0 Å². The largest absolute Gasteiger partial charge is 0.383 e. The fourth-order valence-electron chi connectivity index (χ4n) is 3.87. The van der Waals surface area contributed by atoms with E-state index in [9.17, 15) is 9.59 Å². The maximum atomic E-state index is 13.1. The molecule has 0 spiro atoms. The molecule has 0 aliphatic carbocycles. The van der Waals surface area contributed by atoms with E-state index >= 15 is 0 Å². The molecule has 30 heavy (non-hydrogen) atoms. The minimum absolute atomic E-state index is 0.0111. The summed E-state index contributed by atoms with van der Waals surface area (Å²) in [7, 11) is 1.60. The van der Waals surface area contributed by atoms with Crippen molar-refractivity contribution < 1.29 is 14.3 Å². The third-order valence-electron chi connectivity index (χ3n) is 5.46. The molecule has 3 aromatic rings. The first-order chi connectivity index (χ1) is 14.7. The number of amides is 2. The molecule has 2 atom stereocenters. The van der Waals surface area contributed by atoms with Crippen LogP contribution in [0.15, 0.2) is 48.7 Å². The van der Waals surface area contributed by atoms with E-state index in [1.165, 1.54) is 0 Å². The number of ether oxygens (including phenoxy) is 1. The molecule has 2 aromatic heterocycles. The van der Waals surface area contributed by atoms with Crippen LogP contribution < -0.4 is 5.32 Å². The number of pyridine rings is 1. The van der Waals surface area contributed by atoms with Crippen molar-refractivity contribution in [1.82, 2.24) is 25.4 Å². The highest BCUT2D eigenvalue weighted by Gasteiger charge is 2.35. The number of carbonyl (C=O) groups excluding carboxylic acids is 2. The molecular formula is C22H25N5O3. The highest BCUT2D eigenvalue weighted by Crippen LogP contribution is 2.25. The number of benzene rings is 1. The molecule has 0 bridgehead atoms. The van der Waals surface area contributed by atoms with Crippen molar-refractivity contribution in [2.45, 2.75) is 18.9 Å². The van der Waals surface area contributed by atoms with Crippen LogP contribution in [0.3, 0.4) is 0 Å². The lowest BCUT2D eigenvalue weighted by atomic mass is 10.00. The number of aromatic amines is 1. The number of aromatic nitrogens is 3. The number of nitrogens with one attached hydrogen (secondary N) is 2. The van der Waals surface area contributed by atoms with Crippen LogP contribution >= 0.6 is 0 Å². The monoisotopic (exact) mass is 407 g/mol. The van der Waals surface area contributed by atoms with Gasteiger partial charge in [-0.1, -0.05) is 30.3 Å². The van der Waals surface area contributed by atoms with E-state index in [1.54, 1.807) is 18.2 Å². The Morgan fingerprint density at radius 3 is 2.93 bits per heavy atom. The van der Waals surface area contributed by atoms with Gasteiger partial charge in [0.25, 0.3) is 0 Å². The van der Waals surface area contributed by atoms with Gasteiger partial charge in [0.2, 0.25) is 11.8 Å². The van der Waals surface area contributed by atoms with Crippen LogP contribution in [0, 0.1) is 5.92 Å². The molecule has 2 N–H and O–H groups in total. The number of fused-ring (bicyclic) bond motifs is 1. The van der Waals surface area contributed by atoms with Crippen LogP contribution in [0.2, 0.25) is 0 Å². The van der Waals surface area contributed by atoms with Crippen molar-refractivity contribution in [2.75, 3.05) is 26.8 Å². The summed E-state index contributed by atoms with van der Waals surface area (Å²) in [6.45, 7) is 1.38. The molecule has 4 rings (SSSR count). The second-order valence-electron chi connectivity index (χ2n) is 7.50. The van der Waals surface area contributed by atoms with Crippen molar-refractivity contribution >= 4 is 22.8 Å². The predicted octanol–water partition coefficient (Wildman–Crippen LogP) is 1.85. The van der Waals surface area contributed by atoms with Crippen LogP contribution in [0.4, 0.5) is 0 Å². The quantitative estimate of drug-likeness (QED) is 0.594. The summed E-state index contributed by atoms with van der Waals surface area (Å²) in [5.41, 5.74) is 2.52. The van der Waals surface area contributed by atoms with E-state index in [-0.39, 0.29) is 30.2 Å². The number of nitrogens with zero attached hydrogens (tertiary/aromatic N) is 3. The van der Waals surface area contributed by atoms with E-state index in [1.807, 2.05) is 42.5 Å². The van der Waals surface area contributed by atoms with Crippen molar-refractivity contribution in [3.63, 3.8) is 0 Å². The zero-order valence-corrected chi connectivity index (χ0v) is 16.9. The summed E-state index contributed by atoms with van der Waals surface area (Å²) in [4.78, 5) is 31.3. The lowest BCUT2D eigenvalue weighted by Crippen LogP contribution is -2.37. The minimum atomic E-state index is -0.375. The molecule has 1 aliphatic heterocycles. The molecule has 156 valence electrons. The smallest absolute Gasteiger partial charge is 0.225 e. The Balaban J connectivity index is 1.54. The van der Waals surface area contributed by atoms with E-state index in [0.717, 1.165) is 16.6 Å². The third kappa shape index (κ3) is 4.33. The molecule has 0 saturated carbocycles. The Morgan fingerprint density at radius 2 is 2.13 bits per heavy atom. The maximum absolute atomic E-state index is 13.1. The van der Waals surface area contributed by atoms with Crippen LogP contribution in [0.25, 0.3) is 11.0 Å². The van der Waals surface area contributed by atoms with E-state index in [2.05, 4.69) is 20.5 Å². The first-order valence-electron chi connectivity index (χ1n) is 10.1. The summed E-state index contributed by atoms with van der Waals surface area (Å²) in [5, 5.41) is 11.4. The molecule has 0 radical (unpaired) electrons. The normalized spacial score (nSPS) is 17.4. The Morgan fingerprint density at radius 1 is 1.30 bits per heavy atom. The van der Waals surface area contributed by atoms with Gasteiger partial charge < -0.3 is 15.0 Å². The topological polar surface area (TPSA) is 100 Å². The van der Waals surface area contributed by atoms with Crippen LogP contribution in [-0.2, 0) is 20.7 Å². The Labute approximate surface area is 174 Å². The van der Waals surface area contributed by atoms with Gasteiger partial charge in [-0.15, -0.1) is 0 Å². The standard InChI is InChI=1S/C22H25N5O3/c1-30-11-10-27-14-16(13-19(27)28)22(29)24-18(12-15-6-3-2-4-7-15)20-17-8-5-9-23-21(17)26-25-20/h2-9,16,18H,10-14H2,1H3,(H,24,29)(H,23,25,26)/t16-,18+/m1/s1. The predicted molar refractivity (Wildman–Crippen MR) is 111 cm³/mol. The summed E-state index contributed by atoms with van der Waals surface area (Å²) in [5.74, 6) is -0.515. The lowest BCUT2D eigenvalue weighted by molar-refractivity contribution is -0.129. The lowest BCUT2D eigenvalue weighted by Gasteiger charge is -2.21. The van der Waals surface area contributed by atoms with E-state index in [4.69, 9.17) is 4.74 Å². The minimum Gasteiger partial charge on any atom is -0.383 e. The SMILES string of the molecule is COCCN1C[C@H](C(=O)N[C@@H](Cc2ccccc2)c2[nH]nc3ncccc23)CC1=O. The van der Waals surface area contributed by atoms with Gasteiger partial charge in [0.05, 0.1) is 24.3 Å². The summed E-state index contributed by atoms with van der Waals surface area (Å²) >= 11 is 0. The molecular weight excluding hydrogens is 382 g/mol. The Bertz CT molecular complexity index is 1020. The molecule has 0 unspecified atom stereocenters. The zero-order chi connectivity index (χ0) is 20.9. The van der Waals surface area contributed by atoms with Gasteiger partial charge in [0, 0.05) is 38.2 Å². The number of methoxy groups -OCH3 is 1. The van der Waals surface area contributed by atoms with Crippen LogP contribution in [0.1, 0.15) is 23.7 Å². The second-order valence-corrected chi connectivity index (χ2v) is 7.50. The first-order valence-corrected chi connectivity index (χ1v) is 10.1. The fraction of sp³-hybridized carbons (Fsp3) is 0.364. The molecule has 1 saturated heterocycles. The fourth-order valence-corrected chi connectivity index (χ4v) is 3.87. The van der Waals surface area contributed by atoms with Crippen molar-refractivity contribution in [2.24, 2.45) is 5.92 Å². The molecule has 8 nitrogen and oxygen atoms in total. The molecule has 2 amide bonds. The van der Waals surface area contributed by atoms with Crippen LogP contribution in [-0.4, -0.2) is 58.7 Å². The van der Waals surface area contributed by atoms with Gasteiger partial charge in [-0.25, -0.2) is 4.98 Å². The van der Waals surface area contributed by atoms with Gasteiger partial charge in [-0.3, -0.25) is 14.7 Å². The van der Waals surface area contributed by atoms with Crippen LogP contribution in [0.5, 0.6) is 0 Å². The highest BCUT2D eigenvalue weighted by molar-refractivity contribution is 5.89. The van der Waals surface area contributed by atoms with E-state index in [0.29, 0.717) is 31.8 Å². The number of hydrogen-bond donors (Lipinski definition) is 2. The zero-order valence-electron chi connectivity index (χ0n) is 16.9. The average Bonchev–Trinajstić information content (AvgIpc) is 3.36. The summed E-state index contributed by atoms with van der Waals surface area (Å²) in [6.07, 6.45) is 2.52. The Hall–Kier alpha value is -3.26. The van der Waals surface area contributed by atoms with Gasteiger partial charge in [-0.2, -0.15) is 5.10 Å².